The van der Waals surface area contributed by atoms with Crippen molar-refractivity contribution in [2.24, 2.45) is 0 Å². The van der Waals surface area contributed by atoms with Gasteiger partial charge in [-0.25, -0.2) is 17.2 Å². The highest BCUT2D eigenvalue weighted by Gasteiger charge is 2.41. The number of nitrogens with zero attached hydrogens (tertiary/aromatic N) is 1. The maximum atomic E-state index is 14.4. The van der Waals surface area contributed by atoms with Crippen molar-refractivity contribution in [2.45, 2.75) is 11.8 Å². The molecule has 0 bridgehead atoms. The van der Waals surface area contributed by atoms with Crippen LogP contribution in [0.15, 0.2) is 83.8 Å². The van der Waals surface area contributed by atoms with Gasteiger partial charge in [0.25, 0.3) is 17.4 Å². The summed E-state index contributed by atoms with van der Waals surface area (Å²) < 4.78 is 53.7. The average molecular weight is 518 g/mol. The zero-order valence-corrected chi connectivity index (χ0v) is 20.8. The third-order valence-corrected chi connectivity index (χ3v) is 9.75. The van der Waals surface area contributed by atoms with Gasteiger partial charge in [0.15, 0.2) is 5.69 Å². The monoisotopic (exact) mass is 517 g/mol. The summed E-state index contributed by atoms with van der Waals surface area (Å²) in [6.07, 6.45) is 0. The van der Waals surface area contributed by atoms with Crippen LogP contribution in [0.5, 0.6) is 0 Å². The van der Waals surface area contributed by atoms with Crippen molar-refractivity contribution in [1.82, 2.24) is 3.97 Å². The summed E-state index contributed by atoms with van der Waals surface area (Å²) >= 11 is 6.26. The van der Waals surface area contributed by atoms with Gasteiger partial charge >= 0.3 is 5.97 Å². The maximum absolute atomic E-state index is 14.4. The van der Waals surface area contributed by atoms with Gasteiger partial charge < -0.3 is 9.26 Å². The molecule has 0 aliphatic rings. The molecule has 4 rings (SSSR count). The molecule has 0 aliphatic carbocycles. The second kappa shape index (κ2) is 9.39. The molecule has 0 spiro atoms. The van der Waals surface area contributed by atoms with Crippen LogP contribution < -0.4 is 10.6 Å². The van der Waals surface area contributed by atoms with Gasteiger partial charge in [-0.3, -0.25) is 4.57 Å². The van der Waals surface area contributed by atoms with Crippen LogP contribution in [0, 0.1) is 0 Å². The lowest BCUT2D eigenvalue weighted by Gasteiger charge is -2.18. The lowest BCUT2D eigenvalue weighted by molar-refractivity contribution is 0.0520. The number of carbonyl (C=O) groups excluding carboxylic acids is 1. The number of rotatable bonds is 7. The van der Waals surface area contributed by atoms with Crippen molar-refractivity contribution >= 4 is 56.5 Å². The highest BCUT2D eigenvalue weighted by molar-refractivity contribution is 7.90. The second-order valence-corrected chi connectivity index (χ2v) is 11.9. The number of hydrogen-bond acceptors (Lipinski definition) is 6. The predicted molar refractivity (Wildman–Crippen MR) is 132 cm³/mol. The van der Waals surface area contributed by atoms with Crippen molar-refractivity contribution < 1.29 is 27.0 Å². The Hall–Kier alpha value is -2.90. The molecule has 0 amide bonds. The molecule has 0 aliphatic heterocycles. The smallest absolute Gasteiger partial charge is 0.356 e. The molecule has 7 nitrogen and oxygen atoms in total. The van der Waals surface area contributed by atoms with Crippen LogP contribution in [0.25, 0.3) is 10.9 Å². The van der Waals surface area contributed by atoms with E-state index >= 15 is 0 Å². The van der Waals surface area contributed by atoms with Gasteiger partial charge in [0.1, 0.15) is 0 Å². The summed E-state index contributed by atoms with van der Waals surface area (Å²) in [6.45, 7) is 1.58. The first kappa shape index (κ1) is 24.2. The molecule has 4 aromatic rings. The Morgan fingerprint density at radius 3 is 2.21 bits per heavy atom. The van der Waals surface area contributed by atoms with E-state index in [1.165, 1.54) is 37.4 Å². The fourth-order valence-electron chi connectivity index (χ4n) is 3.79. The van der Waals surface area contributed by atoms with Gasteiger partial charge in [-0.15, -0.1) is 0 Å². The summed E-state index contributed by atoms with van der Waals surface area (Å²) in [5.41, 5.74) is -0.267. The molecule has 1 atom stereocenters. The van der Waals surface area contributed by atoms with Crippen LogP contribution in [-0.4, -0.2) is 32.1 Å². The standard InChI is InChI=1S/C24H21ClNO6PS/c1-3-32-24(27)22-23(33(28,31-2)18-10-6-4-7-11-18)20-16-17(25)14-15-21(20)26(22)34(29,30)19-12-8-5-9-13-19/h4-16H,3H2,1-2H3. The molecule has 176 valence electrons. The zero-order valence-electron chi connectivity index (χ0n) is 18.3. The SMILES string of the molecule is CCOC(=O)c1c(P(=O)(OC)c2ccccc2)c2cc(Cl)ccc2n1S(=O)(=O)c1ccccc1. The molecule has 0 saturated carbocycles. The molecular weight excluding hydrogens is 497 g/mol. The van der Waals surface area contributed by atoms with E-state index in [2.05, 4.69) is 0 Å². The van der Waals surface area contributed by atoms with E-state index in [-0.39, 0.29) is 32.7 Å². The summed E-state index contributed by atoms with van der Waals surface area (Å²) in [5, 5.41) is 0.689. The Balaban J connectivity index is 2.22. The van der Waals surface area contributed by atoms with Crippen molar-refractivity contribution in [3.05, 3.63) is 89.6 Å². The van der Waals surface area contributed by atoms with Crippen LogP contribution >= 0.6 is 19.0 Å². The molecule has 1 unspecified atom stereocenters. The van der Waals surface area contributed by atoms with E-state index in [1.54, 1.807) is 55.5 Å². The molecule has 10 heteroatoms. The third kappa shape index (κ3) is 3.97. The quantitative estimate of drug-likeness (QED) is 0.263. The number of esters is 1. The average Bonchev–Trinajstić information content (AvgIpc) is 3.20. The summed E-state index contributed by atoms with van der Waals surface area (Å²) in [5.74, 6) is -0.947. The Morgan fingerprint density at radius 2 is 1.62 bits per heavy atom. The van der Waals surface area contributed by atoms with Gasteiger partial charge in [-0.1, -0.05) is 48.0 Å². The fraction of sp³-hybridized carbons (Fsp3) is 0.125. The minimum absolute atomic E-state index is 0.0193. The molecule has 0 fully saturated rings. The van der Waals surface area contributed by atoms with Crippen LogP contribution in [-0.2, 0) is 23.8 Å². The number of fused-ring (bicyclic) bond motifs is 1. The first-order valence-corrected chi connectivity index (χ1v) is 13.7. The first-order valence-electron chi connectivity index (χ1n) is 10.3. The van der Waals surface area contributed by atoms with E-state index in [1.807, 2.05) is 0 Å². The van der Waals surface area contributed by atoms with Crippen molar-refractivity contribution in [3.8, 4) is 0 Å². The minimum Gasteiger partial charge on any atom is -0.461 e. The molecule has 3 aromatic carbocycles. The Bertz CT molecular complexity index is 1520. The lowest BCUT2D eigenvalue weighted by atomic mass is 10.2. The number of benzene rings is 3. The minimum atomic E-state index is -4.31. The van der Waals surface area contributed by atoms with Gasteiger partial charge in [0.2, 0.25) is 0 Å². The predicted octanol–water partition coefficient (Wildman–Crippen LogP) is 4.58. The number of ether oxygens (including phenoxy) is 1. The summed E-state index contributed by atoms with van der Waals surface area (Å²) in [6, 6.07) is 20.4. The highest BCUT2D eigenvalue weighted by atomic mass is 35.5. The number of carbonyl (C=O) groups is 1. The topological polar surface area (TPSA) is 91.7 Å². The van der Waals surface area contributed by atoms with Gasteiger partial charge in [0, 0.05) is 22.8 Å². The van der Waals surface area contributed by atoms with Crippen LogP contribution in [0.1, 0.15) is 17.4 Å². The van der Waals surface area contributed by atoms with Crippen molar-refractivity contribution in [1.29, 1.82) is 0 Å². The van der Waals surface area contributed by atoms with Crippen LogP contribution in [0.2, 0.25) is 5.02 Å². The third-order valence-electron chi connectivity index (χ3n) is 5.26. The van der Waals surface area contributed by atoms with Crippen LogP contribution in [0.4, 0.5) is 0 Å². The number of aromatic nitrogens is 1. The molecule has 0 N–H and O–H groups in total. The molecule has 1 heterocycles. The first-order chi connectivity index (χ1) is 16.3. The maximum Gasteiger partial charge on any atom is 0.356 e. The molecule has 0 saturated heterocycles. The zero-order chi connectivity index (χ0) is 24.5. The second-order valence-electron chi connectivity index (χ2n) is 7.23. The van der Waals surface area contributed by atoms with E-state index < -0.39 is 29.1 Å². The fourth-order valence-corrected chi connectivity index (χ4v) is 7.75. The lowest BCUT2D eigenvalue weighted by Crippen LogP contribution is -2.28. The Morgan fingerprint density at radius 1 is 1.00 bits per heavy atom. The summed E-state index contributed by atoms with van der Waals surface area (Å²) in [7, 11) is -7.02. The van der Waals surface area contributed by atoms with E-state index in [0.717, 1.165) is 3.97 Å². The Labute approximate surface area is 202 Å². The normalized spacial score (nSPS) is 13.5. The number of halogens is 1. The summed E-state index contributed by atoms with van der Waals surface area (Å²) in [4.78, 5) is 13.2. The number of hydrogen-bond donors (Lipinski definition) is 0. The van der Waals surface area contributed by atoms with E-state index in [0.29, 0.717) is 5.30 Å². The highest BCUT2D eigenvalue weighted by Crippen LogP contribution is 2.48. The van der Waals surface area contributed by atoms with Crippen molar-refractivity contribution in [3.63, 3.8) is 0 Å². The van der Waals surface area contributed by atoms with Gasteiger partial charge in [-0.05, 0) is 49.4 Å². The van der Waals surface area contributed by atoms with Crippen LogP contribution in [0.3, 0.4) is 0 Å². The largest absolute Gasteiger partial charge is 0.461 e. The molecule has 0 radical (unpaired) electrons. The van der Waals surface area contributed by atoms with Gasteiger partial charge in [0.05, 0.1) is 22.3 Å². The van der Waals surface area contributed by atoms with E-state index in [4.69, 9.17) is 20.9 Å². The Kier molecular flexibility index (Phi) is 6.69. The van der Waals surface area contributed by atoms with Crippen molar-refractivity contribution in [2.75, 3.05) is 13.7 Å². The van der Waals surface area contributed by atoms with Gasteiger partial charge in [-0.2, -0.15) is 0 Å². The molecule has 34 heavy (non-hydrogen) atoms. The molecular formula is C24H21ClNO6PS. The molecule has 1 aromatic heterocycles. The van der Waals surface area contributed by atoms with E-state index in [9.17, 15) is 17.8 Å².